The van der Waals surface area contributed by atoms with Crippen LogP contribution in [0, 0.1) is 0 Å². The van der Waals surface area contributed by atoms with Gasteiger partial charge in [0.05, 0.1) is 39.1 Å². The Labute approximate surface area is 163 Å². The number of thioether (sulfide) groups is 1. The average Bonchev–Trinajstić information content (AvgIpc) is 2.82. The van der Waals surface area contributed by atoms with Crippen LogP contribution in [0.1, 0.15) is 5.56 Å². The topological polar surface area (TPSA) is 89.9 Å². The molecule has 4 rings (SSSR count). The first-order valence-corrected chi connectivity index (χ1v) is 9.24. The van der Waals surface area contributed by atoms with E-state index in [0.717, 1.165) is 11.8 Å². The molecule has 2 aromatic heterocycles. The highest BCUT2D eigenvalue weighted by Crippen LogP contribution is 2.44. The van der Waals surface area contributed by atoms with Crippen molar-refractivity contribution in [1.29, 1.82) is 0 Å². The summed E-state index contributed by atoms with van der Waals surface area (Å²) in [5, 5.41) is -0.817. The molecule has 12 heteroatoms. The zero-order valence-corrected chi connectivity index (χ0v) is 15.4. The van der Waals surface area contributed by atoms with E-state index in [1.807, 2.05) is 0 Å². The van der Waals surface area contributed by atoms with Crippen LogP contribution in [-0.2, 0) is 12.7 Å². The second-order valence-corrected chi connectivity index (χ2v) is 7.33. The lowest BCUT2D eigenvalue weighted by atomic mass is 10.1. The van der Waals surface area contributed by atoms with Crippen molar-refractivity contribution in [3.63, 3.8) is 0 Å². The first-order chi connectivity index (χ1) is 13.3. The molecular formula is C16H10ClF3N4O3S. The van der Waals surface area contributed by atoms with Gasteiger partial charge in [-0.1, -0.05) is 11.6 Å². The van der Waals surface area contributed by atoms with Crippen LogP contribution >= 0.6 is 23.4 Å². The van der Waals surface area contributed by atoms with Gasteiger partial charge in [-0.05, 0) is 6.07 Å². The third-order valence-electron chi connectivity index (χ3n) is 4.11. The molecule has 146 valence electrons. The Morgan fingerprint density at radius 3 is 2.79 bits per heavy atom. The molecule has 0 bridgehead atoms. The van der Waals surface area contributed by atoms with Crippen LogP contribution in [0.5, 0.6) is 5.88 Å². The zero-order chi connectivity index (χ0) is 20.1. The summed E-state index contributed by atoms with van der Waals surface area (Å²) in [4.78, 5) is 34.5. The number of aromatic nitrogens is 4. The number of benzene rings is 1. The molecule has 1 aliphatic rings. The van der Waals surface area contributed by atoms with Crippen LogP contribution in [-0.4, -0.2) is 31.4 Å². The number of aromatic amines is 1. The van der Waals surface area contributed by atoms with E-state index < -0.39 is 34.1 Å². The highest BCUT2D eigenvalue weighted by molar-refractivity contribution is 7.99. The molecule has 3 heterocycles. The first-order valence-electron chi connectivity index (χ1n) is 7.87. The number of nitrogens with one attached hydrogen (secondary N) is 1. The number of rotatable bonds is 2. The number of nitrogens with zero attached hydrogens (tertiary/aromatic N) is 3. The fourth-order valence-electron chi connectivity index (χ4n) is 2.93. The molecule has 0 radical (unpaired) electrons. The van der Waals surface area contributed by atoms with Crippen molar-refractivity contribution in [2.24, 2.45) is 0 Å². The minimum Gasteiger partial charge on any atom is -0.470 e. The maximum atomic E-state index is 13.4. The Kier molecular flexibility index (Phi) is 4.58. The summed E-state index contributed by atoms with van der Waals surface area (Å²) in [6, 6.07) is 0.667. The van der Waals surface area contributed by atoms with Crippen LogP contribution in [0.4, 0.5) is 13.2 Å². The normalized spacial score (nSPS) is 16.8. The summed E-state index contributed by atoms with van der Waals surface area (Å²) >= 11 is 7.02. The van der Waals surface area contributed by atoms with Gasteiger partial charge in [0.1, 0.15) is 6.10 Å². The molecular weight excluding hydrogens is 421 g/mol. The molecule has 1 N–H and O–H groups in total. The molecule has 0 amide bonds. The fraction of sp³-hybridized carbons (Fsp3) is 0.250. The first kappa shape index (κ1) is 18.8. The van der Waals surface area contributed by atoms with Gasteiger partial charge in [-0.2, -0.15) is 13.2 Å². The molecule has 0 aliphatic carbocycles. The third kappa shape index (κ3) is 3.24. The Balaban J connectivity index is 1.90. The summed E-state index contributed by atoms with van der Waals surface area (Å²) in [5.74, 6) is 0.386. The highest BCUT2D eigenvalue weighted by Gasteiger charge is 2.37. The molecule has 7 nitrogen and oxygen atoms in total. The zero-order valence-electron chi connectivity index (χ0n) is 13.8. The van der Waals surface area contributed by atoms with Crippen molar-refractivity contribution in [2.75, 3.05) is 5.75 Å². The molecule has 28 heavy (non-hydrogen) atoms. The van der Waals surface area contributed by atoms with Crippen LogP contribution in [0.15, 0.2) is 39.1 Å². The molecule has 0 spiro atoms. The summed E-state index contributed by atoms with van der Waals surface area (Å²) in [5.41, 5.74) is -2.74. The number of halogens is 4. The van der Waals surface area contributed by atoms with Crippen molar-refractivity contribution in [3.05, 3.63) is 56.1 Å². The van der Waals surface area contributed by atoms with Gasteiger partial charge >= 0.3 is 11.9 Å². The molecule has 0 fully saturated rings. The summed E-state index contributed by atoms with van der Waals surface area (Å²) in [6.07, 6.45) is -1.12. The van der Waals surface area contributed by atoms with Gasteiger partial charge in [-0.25, -0.2) is 9.78 Å². The lowest BCUT2D eigenvalue weighted by molar-refractivity contribution is -0.137. The SMILES string of the molecule is O=c1[nH]c(=O)n2c3c(c(Cl)c(C(F)(F)F)cc13)SC[C@@H](Oc1cnccn1)C2. The fourth-order valence-corrected chi connectivity index (χ4v) is 4.47. The molecule has 1 atom stereocenters. The number of H-pyrrole nitrogens is 1. The van der Waals surface area contributed by atoms with E-state index in [1.54, 1.807) is 0 Å². The van der Waals surface area contributed by atoms with Gasteiger partial charge < -0.3 is 4.74 Å². The largest absolute Gasteiger partial charge is 0.470 e. The van der Waals surface area contributed by atoms with E-state index in [4.69, 9.17) is 16.3 Å². The van der Waals surface area contributed by atoms with E-state index in [9.17, 15) is 22.8 Å². The maximum Gasteiger partial charge on any atom is 0.417 e. The van der Waals surface area contributed by atoms with Crippen molar-refractivity contribution < 1.29 is 17.9 Å². The Hall–Kier alpha value is -2.53. The molecule has 3 aromatic rings. The monoisotopic (exact) mass is 430 g/mol. The smallest absolute Gasteiger partial charge is 0.417 e. The minimum atomic E-state index is -4.75. The van der Waals surface area contributed by atoms with E-state index in [2.05, 4.69) is 15.0 Å². The average molecular weight is 431 g/mol. The van der Waals surface area contributed by atoms with E-state index in [-0.39, 0.29) is 34.0 Å². The lowest BCUT2D eigenvalue weighted by Crippen LogP contribution is -2.35. The Morgan fingerprint density at radius 2 is 2.11 bits per heavy atom. The van der Waals surface area contributed by atoms with Gasteiger partial charge in [-0.15, -0.1) is 11.8 Å². The van der Waals surface area contributed by atoms with Crippen molar-refractivity contribution in [2.45, 2.75) is 23.7 Å². The lowest BCUT2D eigenvalue weighted by Gasteiger charge is -2.17. The van der Waals surface area contributed by atoms with Gasteiger partial charge in [0.25, 0.3) is 5.56 Å². The van der Waals surface area contributed by atoms with Crippen molar-refractivity contribution in [1.82, 2.24) is 19.5 Å². The summed E-state index contributed by atoms with van der Waals surface area (Å²) in [6.45, 7) is -0.00954. The van der Waals surface area contributed by atoms with E-state index in [0.29, 0.717) is 6.07 Å². The summed E-state index contributed by atoms with van der Waals surface area (Å²) < 4.78 is 47.0. The second kappa shape index (κ2) is 6.82. The number of ether oxygens (including phenoxy) is 1. The number of hydrogen-bond acceptors (Lipinski definition) is 6. The quantitative estimate of drug-likeness (QED) is 0.672. The standard InChI is InChI=1S/C16H10ClF3N4O3S/c17-11-9(16(18,19)20)3-8-12-13(11)28-6-7(27-10-4-21-1-2-22-10)5-24(12)15(26)23-14(8)25/h1-4,7H,5-6H2,(H,23,25,26)/t7-/m0/s1. The maximum absolute atomic E-state index is 13.4. The van der Waals surface area contributed by atoms with Gasteiger partial charge in [-0.3, -0.25) is 19.3 Å². The number of hydrogen-bond donors (Lipinski definition) is 1. The molecule has 0 unspecified atom stereocenters. The van der Waals surface area contributed by atoms with Crippen LogP contribution < -0.4 is 16.0 Å². The van der Waals surface area contributed by atoms with Gasteiger partial charge in [0.2, 0.25) is 5.88 Å². The van der Waals surface area contributed by atoms with Crippen LogP contribution in [0.2, 0.25) is 5.02 Å². The van der Waals surface area contributed by atoms with Crippen molar-refractivity contribution >= 4 is 34.3 Å². The highest BCUT2D eigenvalue weighted by atomic mass is 35.5. The van der Waals surface area contributed by atoms with Gasteiger partial charge in [0.15, 0.2) is 0 Å². The third-order valence-corrected chi connectivity index (χ3v) is 5.84. The van der Waals surface area contributed by atoms with Crippen LogP contribution in [0.25, 0.3) is 10.9 Å². The molecule has 1 aromatic carbocycles. The van der Waals surface area contributed by atoms with E-state index in [1.165, 1.54) is 23.2 Å². The second-order valence-electron chi connectivity index (χ2n) is 5.93. The van der Waals surface area contributed by atoms with Crippen molar-refractivity contribution in [3.8, 4) is 5.88 Å². The van der Waals surface area contributed by atoms with Crippen LogP contribution in [0.3, 0.4) is 0 Å². The minimum absolute atomic E-state index is 0.00954. The predicted molar refractivity (Wildman–Crippen MR) is 96.0 cm³/mol. The Morgan fingerprint density at radius 1 is 1.32 bits per heavy atom. The van der Waals surface area contributed by atoms with Gasteiger partial charge in [0, 0.05) is 18.1 Å². The summed E-state index contributed by atoms with van der Waals surface area (Å²) in [7, 11) is 0. The Bertz CT molecular complexity index is 1180. The predicted octanol–water partition coefficient (Wildman–Crippen LogP) is 2.71. The van der Waals surface area contributed by atoms with E-state index >= 15 is 0 Å². The molecule has 0 saturated carbocycles. The molecule has 0 saturated heterocycles. The molecule has 1 aliphatic heterocycles. The number of alkyl halides is 3.